The minimum Gasteiger partial charge on any atom is -0.0850 e. The first-order valence-corrected chi connectivity index (χ1v) is 8.08. The van der Waals surface area contributed by atoms with E-state index in [1.165, 1.54) is 56.9 Å². The predicted molar refractivity (Wildman–Crippen MR) is 86.5 cm³/mol. The largest absolute Gasteiger partial charge is 0.0850 e. The SMILES string of the molecule is CCCCCC/C=C(\CCCC)Cc1ccccc1. The van der Waals surface area contributed by atoms with Gasteiger partial charge in [0.2, 0.25) is 0 Å². The lowest BCUT2D eigenvalue weighted by Crippen LogP contribution is -1.92. The molecule has 1 aromatic rings. The van der Waals surface area contributed by atoms with Crippen molar-refractivity contribution in [1.29, 1.82) is 0 Å². The molecule has 0 radical (unpaired) electrons. The third-order valence-corrected chi connectivity index (χ3v) is 3.62. The Morgan fingerprint density at radius 2 is 1.63 bits per heavy atom. The van der Waals surface area contributed by atoms with Crippen LogP contribution in [-0.2, 0) is 6.42 Å². The minimum absolute atomic E-state index is 1.15. The molecule has 0 bridgehead atoms. The number of allylic oxidation sites excluding steroid dienone is 2. The summed E-state index contributed by atoms with van der Waals surface area (Å²) in [6.45, 7) is 4.55. The molecule has 0 nitrogen and oxygen atoms in total. The second-order valence-electron chi connectivity index (χ2n) is 5.48. The molecule has 0 heterocycles. The van der Waals surface area contributed by atoms with Crippen LogP contribution in [0.15, 0.2) is 42.0 Å². The monoisotopic (exact) mass is 258 g/mol. The van der Waals surface area contributed by atoms with Gasteiger partial charge in [0.25, 0.3) is 0 Å². The van der Waals surface area contributed by atoms with Crippen LogP contribution >= 0.6 is 0 Å². The lowest BCUT2D eigenvalue weighted by Gasteiger charge is -2.08. The third-order valence-electron chi connectivity index (χ3n) is 3.62. The predicted octanol–water partition coefficient (Wildman–Crippen LogP) is 6.32. The van der Waals surface area contributed by atoms with E-state index in [0.717, 1.165) is 6.42 Å². The zero-order valence-electron chi connectivity index (χ0n) is 12.8. The van der Waals surface area contributed by atoms with Gasteiger partial charge in [0.15, 0.2) is 0 Å². The molecule has 0 N–H and O–H groups in total. The molecule has 0 aliphatic carbocycles. The van der Waals surface area contributed by atoms with Gasteiger partial charge in [-0.3, -0.25) is 0 Å². The van der Waals surface area contributed by atoms with Gasteiger partial charge in [-0.05, 0) is 37.7 Å². The molecule has 0 atom stereocenters. The lowest BCUT2D eigenvalue weighted by molar-refractivity contribution is 0.670. The standard InChI is InChI=1S/C19H30/c1-3-5-7-8-10-14-18(13-6-4-2)17-19-15-11-9-12-16-19/h9,11-12,14-16H,3-8,10,13,17H2,1-2H3/b18-14+. The van der Waals surface area contributed by atoms with Gasteiger partial charge in [0.05, 0.1) is 0 Å². The number of benzene rings is 1. The molecule has 0 fully saturated rings. The number of hydrogen-bond donors (Lipinski definition) is 0. The fraction of sp³-hybridized carbons (Fsp3) is 0.579. The molecule has 0 saturated heterocycles. The van der Waals surface area contributed by atoms with E-state index in [0.29, 0.717) is 0 Å². The number of unbranched alkanes of at least 4 members (excludes halogenated alkanes) is 5. The topological polar surface area (TPSA) is 0 Å². The van der Waals surface area contributed by atoms with Crippen LogP contribution in [0.5, 0.6) is 0 Å². The van der Waals surface area contributed by atoms with E-state index in [2.05, 4.69) is 50.3 Å². The Kier molecular flexibility index (Phi) is 9.14. The Morgan fingerprint density at radius 1 is 0.895 bits per heavy atom. The summed E-state index contributed by atoms with van der Waals surface area (Å²) in [7, 11) is 0. The van der Waals surface area contributed by atoms with Gasteiger partial charge in [-0.1, -0.05) is 81.5 Å². The molecule has 1 rings (SSSR count). The highest BCUT2D eigenvalue weighted by Crippen LogP contribution is 2.16. The van der Waals surface area contributed by atoms with E-state index >= 15 is 0 Å². The van der Waals surface area contributed by atoms with Crippen LogP contribution in [0.2, 0.25) is 0 Å². The molecule has 0 saturated carbocycles. The summed E-state index contributed by atoms with van der Waals surface area (Å²) in [5.74, 6) is 0. The summed E-state index contributed by atoms with van der Waals surface area (Å²) in [6.07, 6.45) is 14.3. The maximum Gasteiger partial charge on any atom is -0.00671 e. The fourth-order valence-electron chi connectivity index (χ4n) is 2.40. The fourth-order valence-corrected chi connectivity index (χ4v) is 2.40. The highest BCUT2D eigenvalue weighted by Gasteiger charge is 1.99. The average Bonchev–Trinajstić information content (AvgIpc) is 2.45. The average molecular weight is 258 g/mol. The normalized spacial score (nSPS) is 11.8. The molecule has 106 valence electrons. The molecule has 0 heteroatoms. The molecular formula is C19H30. The highest BCUT2D eigenvalue weighted by atomic mass is 14.1. The third kappa shape index (κ3) is 7.87. The van der Waals surface area contributed by atoms with Crippen LogP contribution in [0.3, 0.4) is 0 Å². The maximum absolute atomic E-state index is 2.51. The van der Waals surface area contributed by atoms with Crippen molar-refractivity contribution in [3.8, 4) is 0 Å². The van der Waals surface area contributed by atoms with E-state index in [4.69, 9.17) is 0 Å². The van der Waals surface area contributed by atoms with E-state index in [-0.39, 0.29) is 0 Å². The van der Waals surface area contributed by atoms with Crippen LogP contribution < -0.4 is 0 Å². The van der Waals surface area contributed by atoms with Crippen LogP contribution in [0.4, 0.5) is 0 Å². The van der Waals surface area contributed by atoms with E-state index in [1.807, 2.05) is 0 Å². The van der Waals surface area contributed by atoms with Crippen molar-refractivity contribution < 1.29 is 0 Å². The highest BCUT2D eigenvalue weighted by molar-refractivity contribution is 5.21. The summed E-state index contributed by atoms with van der Waals surface area (Å²) in [5.41, 5.74) is 3.10. The maximum atomic E-state index is 2.51. The van der Waals surface area contributed by atoms with Crippen molar-refractivity contribution in [2.75, 3.05) is 0 Å². The molecule has 1 aromatic carbocycles. The van der Waals surface area contributed by atoms with Crippen LogP contribution in [0.25, 0.3) is 0 Å². The van der Waals surface area contributed by atoms with Gasteiger partial charge in [0, 0.05) is 0 Å². The number of rotatable bonds is 10. The summed E-state index contributed by atoms with van der Waals surface area (Å²) < 4.78 is 0. The zero-order chi connectivity index (χ0) is 13.8. The quantitative estimate of drug-likeness (QED) is 0.340. The summed E-state index contributed by atoms with van der Waals surface area (Å²) >= 11 is 0. The second-order valence-corrected chi connectivity index (χ2v) is 5.48. The van der Waals surface area contributed by atoms with Gasteiger partial charge < -0.3 is 0 Å². The molecule has 0 amide bonds. The van der Waals surface area contributed by atoms with Crippen LogP contribution in [-0.4, -0.2) is 0 Å². The van der Waals surface area contributed by atoms with Crippen LogP contribution in [0, 0.1) is 0 Å². The molecule has 0 aliphatic heterocycles. The first kappa shape index (κ1) is 16.0. The Labute approximate surface area is 119 Å². The van der Waals surface area contributed by atoms with E-state index < -0.39 is 0 Å². The lowest BCUT2D eigenvalue weighted by atomic mass is 9.98. The minimum atomic E-state index is 1.15. The van der Waals surface area contributed by atoms with Crippen molar-refractivity contribution in [2.24, 2.45) is 0 Å². The van der Waals surface area contributed by atoms with Gasteiger partial charge in [-0.2, -0.15) is 0 Å². The second kappa shape index (κ2) is 10.8. The van der Waals surface area contributed by atoms with Crippen molar-refractivity contribution in [3.05, 3.63) is 47.5 Å². The van der Waals surface area contributed by atoms with Crippen molar-refractivity contribution in [1.82, 2.24) is 0 Å². The van der Waals surface area contributed by atoms with Crippen molar-refractivity contribution in [3.63, 3.8) is 0 Å². The number of hydrogen-bond acceptors (Lipinski definition) is 0. The first-order valence-electron chi connectivity index (χ1n) is 8.08. The van der Waals surface area contributed by atoms with Crippen molar-refractivity contribution >= 4 is 0 Å². The Bertz CT molecular complexity index is 334. The summed E-state index contributed by atoms with van der Waals surface area (Å²) in [4.78, 5) is 0. The molecule has 19 heavy (non-hydrogen) atoms. The van der Waals surface area contributed by atoms with Gasteiger partial charge >= 0.3 is 0 Å². The zero-order valence-corrected chi connectivity index (χ0v) is 12.8. The Morgan fingerprint density at radius 3 is 2.32 bits per heavy atom. The molecule has 0 aromatic heterocycles. The molecular weight excluding hydrogens is 228 g/mol. The molecule has 0 spiro atoms. The van der Waals surface area contributed by atoms with Gasteiger partial charge in [0.1, 0.15) is 0 Å². The summed E-state index contributed by atoms with van der Waals surface area (Å²) in [5, 5.41) is 0. The molecule has 0 aliphatic rings. The smallest absolute Gasteiger partial charge is 0.00671 e. The molecule has 0 unspecified atom stereocenters. The van der Waals surface area contributed by atoms with Gasteiger partial charge in [-0.25, -0.2) is 0 Å². The summed E-state index contributed by atoms with van der Waals surface area (Å²) in [6, 6.07) is 10.9. The van der Waals surface area contributed by atoms with Gasteiger partial charge in [-0.15, -0.1) is 0 Å². The van der Waals surface area contributed by atoms with Crippen LogP contribution in [0.1, 0.15) is 70.8 Å². The first-order chi connectivity index (χ1) is 9.36. The van der Waals surface area contributed by atoms with E-state index in [9.17, 15) is 0 Å². The Balaban J connectivity index is 2.43. The van der Waals surface area contributed by atoms with E-state index in [1.54, 1.807) is 5.57 Å². The Hall–Kier alpha value is -1.04. The van der Waals surface area contributed by atoms with Crippen molar-refractivity contribution in [2.45, 2.75) is 71.6 Å².